The van der Waals surface area contributed by atoms with Crippen molar-refractivity contribution in [2.75, 3.05) is 0 Å². The van der Waals surface area contributed by atoms with Crippen molar-refractivity contribution in [3.05, 3.63) is 88.7 Å². The van der Waals surface area contributed by atoms with Crippen LogP contribution >= 0.6 is 0 Å². The van der Waals surface area contributed by atoms with E-state index in [1.807, 2.05) is 18.2 Å². The summed E-state index contributed by atoms with van der Waals surface area (Å²) in [5, 5.41) is 0. The lowest BCUT2D eigenvalue weighted by molar-refractivity contribution is 0.626. The van der Waals surface area contributed by atoms with Crippen LogP contribution in [0.5, 0.6) is 0 Å². The predicted molar refractivity (Wildman–Crippen MR) is 101 cm³/mol. The zero-order chi connectivity index (χ0) is 18.5. The molecule has 0 spiro atoms. The van der Waals surface area contributed by atoms with Gasteiger partial charge in [-0.05, 0) is 73.5 Å². The highest BCUT2D eigenvalue weighted by atomic mass is 19.1. The van der Waals surface area contributed by atoms with Crippen LogP contribution in [-0.4, -0.2) is 17.4 Å². The van der Waals surface area contributed by atoms with Crippen LogP contribution in [0.15, 0.2) is 64.6 Å². The van der Waals surface area contributed by atoms with Gasteiger partial charge in [0.25, 0.3) is 0 Å². The summed E-state index contributed by atoms with van der Waals surface area (Å²) >= 11 is 0. The van der Waals surface area contributed by atoms with Gasteiger partial charge in [-0.25, -0.2) is 13.8 Å². The van der Waals surface area contributed by atoms with E-state index in [1.165, 1.54) is 24.3 Å². The van der Waals surface area contributed by atoms with Crippen LogP contribution in [0.4, 0.5) is 20.2 Å². The lowest BCUT2D eigenvalue weighted by atomic mass is 10.2. The number of hydrogen-bond acceptors (Lipinski definition) is 3. The summed E-state index contributed by atoms with van der Waals surface area (Å²) in [4.78, 5) is 13.2. The Kier molecular flexibility index (Phi) is 5.27. The summed E-state index contributed by atoms with van der Waals surface area (Å²) in [5.74, 6) is -0.567. The average molecular weight is 349 g/mol. The molecule has 0 atom stereocenters. The molecule has 3 rings (SSSR count). The van der Waals surface area contributed by atoms with Crippen molar-refractivity contribution in [1.29, 1.82) is 0 Å². The Morgan fingerprint density at radius 1 is 0.731 bits per heavy atom. The summed E-state index contributed by atoms with van der Waals surface area (Å²) < 4.78 is 26.3. The molecular weight excluding hydrogens is 332 g/mol. The molecule has 5 heteroatoms. The number of hydrogen-bond donors (Lipinski definition) is 0. The number of rotatable bonds is 4. The number of aryl methyl sites for hydroxylation is 2. The Balaban J connectivity index is 1.79. The van der Waals surface area contributed by atoms with Gasteiger partial charge in [-0.1, -0.05) is 6.07 Å². The normalized spacial score (nSPS) is 11.5. The number of aromatic nitrogens is 1. The van der Waals surface area contributed by atoms with Crippen LogP contribution in [0.1, 0.15) is 22.5 Å². The van der Waals surface area contributed by atoms with Gasteiger partial charge in [0.1, 0.15) is 11.6 Å². The molecule has 0 saturated carbocycles. The minimum absolute atomic E-state index is 0.283. The molecule has 0 unspecified atom stereocenters. The molecule has 0 N–H and O–H groups in total. The van der Waals surface area contributed by atoms with Crippen LogP contribution in [0.25, 0.3) is 0 Å². The van der Waals surface area contributed by atoms with Crippen LogP contribution in [-0.2, 0) is 0 Å². The summed E-state index contributed by atoms with van der Waals surface area (Å²) in [7, 11) is 0. The first kappa shape index (κ1) is 17.6. The van der Waals surface area contributed by atoms with E-state index < -0.39 is 0 Å². The van der Waals surface area contributed by atoms with Gasteiger partial charge in [-0.15, -0.1) is 0 Å². The maximum atomic E-state index is 13.1. The van der Waals surface area contributed by atoms with Crippen molar-refractivity contribution in [3.63, 3.8) is 0 Å². The topological polar surface area (TPSA) is 37.6 Å². The Bertz CT molecular complexity index is 918. The van der Waals surface area contributed by atoms with E-state index in [0.717, 1.165) is 11.1 Å². The van der Waals surface area contributed by atoms with Gasteiger partial charge in [0.15, 0.2) is 0 Å². The second-order valence-electron chi connectivity index (χ2n) is 5.87. The van der Waals surface area contributed by atoms with Crippen LogP contribution in [0.3, 0.4) is 0 Å². The Morgan fingerprint density at radius 2 is 1.19 bits per heavy atom. The third-order valence-corrected chi connectivity index (χ3v) is 3.78. The van der Waals surface area contributed by atoms with Crippen molar-refractivity contribution in [2.24, 2.45) is 9.98 Å². The van der Waals surface area contributed by atoms with E-state index in [0.29, 0.717) is 22.8 Å². The van der Waals surface area contributed by atoms with Gasteiger partial charge >= 0.3 is 0 Å². The van der Waals surface area contributed by atoms with Crippen molar-refractivity contribution >= 4 is 23.8 Å². The molecule has 0 aliphatic carbocycles. The quantitative estimate of drug-likeness (QED) is 0.575. The molecule has 0 fully saturated rings. The van der Waals surface area contributed by atoms with Gasteiger partial charge in [0.05, 0.1) is 35.2 Å². The lowest BCUT2D eigenvalue weighted by Crippen LogP contribution is -1.93. The van der Waals surface area contributed by atoms with Crippen molar-refractivity contribution < 1.29 is 8.78 Å². The summed E-state index contributed by atoms with van der Waals surface area (Å²) in [6.07, 6.45) is 3.25. The average Bonchev–Trinajstić information content (AvgIpc) is 2.61. The summed E-state index contributed by atoms with van der Waals surface area (Å²) in [6.45, 7) is 3.61. The van der Waals surface area contributed by atoms with E-state index in [1.54, 1.807) is 38.4 Å². The van der Waals surface area contributed by atoms with Gasteiger partial charge in [-0.2, -0.15) is 0 Å². The van der Waals surface area contributed by atoms with Gasteiger partial charge in [0, 0.05) is 0 Å². The number of pyridine rings is 1. The molecule has 0 saturated heterocycles. The number of halogens is 2. The highest BCUT2D eigenvalue weighted by molar-refractivity contribution is 5.84. The number of aliphatic imine (C=N–C) groups is 2. The molecule has 3 nitrogen and oxygen atoms in total. The SMILES string of the molecule is Cc1cc(F)ccc1N=Cc1cccc(C=Nc2ccc(F)cc2C)n1. The lowest BCUT2D eigenvalue weighted by Gasteiger charge is -2.01. The standard InChI is InChI=1S/C21H17F2N3/c1-14-10-16(22)6-8-20(14)24-12-18-4-3-5-19(26-18)13-25-21-9-7-17(23)11-15(21)2/h3-13H,1-2H3. The second kappa shape index (κ2) is 7.78. The predicted octanol–water partition coefficient (Wildman–Crippen LogP) is 5.48. The first-order chi connectivity index (χ1) is 12.5. The van der Waals surface area contributed by atoms with E-state index in [-0.39, 0.29) is 11.6 Å². The van der Waals surface area contributed by atoms with Crippen molar-refractivity contribution in [2.45, 2.75) is 13.8 Å². The smallest absolute Gasteiger partial charge is 0.123 e. The molecule has 0 radical (unpaired) electrons. The molecule has 3 aromatic rings. The van der Waals surface area contributed by atoms with E-state index in [2.05, 4.69) is 15.0 Å². The minimum Gasteiger partial charge on any atom is -0.254 e. The zero-order valence-electron chi connectivity index (χ0n) is 14.4. The van der Waals surface area contributed by atoms with Crippen molar-refractivity contribution in [3.8, 4) is 0 Å². The molecule has 26 heavy (non-hydrogen) atoms. The van der Waals surface area contributed by atoms with Gasteiger partial charge in [-0.3, -0.25) is 9.98 Å². The summed E-state index contributed by atoms with van der Waals surface area (Å²) in [5.41, 5.74) is 4.21. The fourth-order valence-electron chi connectivity index (χ4n) is 2.41. The van der Waals surface area contributed by atoms with Crippen LogP contribution in [0, 0.1) is 25.5 Å². The van der Waals surface area contributed by atoms with Gasteiger partial charge < -0.3 is 0 Å². The fraction of sp³-hybridized carbons (Fsp3) is 0.0952. The third kappa shape index (κ3) is 4.45. The molecule has 0 bridgehead atoms. The Hall–Kier alpha value is -3.21. The third-order valence-electron chi connectivity index (χ3n) is 3.78. The molecule has 0 aliphatic heterocycles. The maximum absolute atomic E-state index is 13.1. The van der Waals surface area contributed by atoms with Crippen LogP contribution < -0.4 is 0 Å². The largest absolute Gasteiger partial charge is 0.254 e. The monoisotopic (exact) mass is 349 g/mol. The molecular formula is C21H17F2N3. The van der Waals surface area contributed by atoms with Crippen molar-refractivity contribution in [1.82, 2.24) is 4.98 Å². The molecule has 2 aromatic carbocycles. The number of benzene rings is 2. The molecule has 130 valence electrons. The highest BCUT2D eigenvalue weighted by Gasteiger charge is 2.00. The molecule has 1 aromatic heterocycles. The highest BCUT2D eigenvalue weighted by Crippen LogP contribution is 2.20. The van der Waals surface area contributed by atoms with Gasteiger partial charge in [0.2, 0.25) is 0 Å². The van der Waals surface area contributed by atoms with Crippen LogP contribution in [0.2, 0.25) is 0 Å². The molecule has 1 heterocycles. The molecule has 0 amide bonds. The van der Waals surface area contributed by atoms with E-state index in [4.69, 9.17) is 0 Å². The Labute approximate surface area is 150 Å². The maximum Gasteiger partial charge on any atom is 0.123 e. The zero-order valence-corrected chi connectivity index (χ0v) is 14.4. The van der Waals surface area contributed by atoms with E-state index in [9.17, 15) is 8.78 Å². The molecule has 0 aliphatic rings. The van der Waals surface area contributed by atoms with E-state index >= 15 is 0 Å². The Morgan fingerprint density at radius 3 is 1.62 bits per heavy atom. The first-order valence-corrected chi connectivity index (χ1v) is 8.09. The fourth-order valence-corrected chi connectivity index (χ4v) is 2.41. The summed E-state index contributed by atoms with van der Waals surface area (Å²) in [6, 6.07) is 14.4. The minimum atomic E-state index is -0.283. The first-order valence-electron chi connectivity index (χ1n) is 8.09. The number of nitrogens with zero attached hydrogens (tertiary/aromatic N) is 3. The second-order valence-corrected chi connectivity index (χ2v) is 5.87.